The molecule has 4 aromatic carbocycles. The third kappa shape index (κ3) is 9.68. The molecule has 3 amide bonds. The number of rotatable bonds is 12. The van der Waals surface area contributed by atoms with E-state index in [0.717, 1.165) is 11.1 Å². The van der Waals surface area contributed by atoms with E-state index in [1.165, 1.54) is 29.2 Å². The Morgan fingerprint density at radius 1 is 0.882 bits per heavy atom. The van der Waals surface area contributed by atoms with Crippen molar-refractivity contribution in [3.8, 4) is 11.1 Å². The SMILES string of the molecule is CCOC(=O)c1c(-c2ccc(C)cc2)csc1NC(=O)C(C)Sc1cccc(NC(=O)/C(=C\c2c(Cl)cccc2Cl)NC(=O)c2ccccc2)c1. The molecule has 260 valence electrons. The fourth-order valence-electron chi connectivity index (χ4n) is 4.85. The standard InChI is InChI=1S/C39H33Cl2N3O5S2/c1-4-49-39(48)34-30(25-18-16-23(2)17-19-25)22-50-38(34)44-35(45)24(3)51-28-13-8-12-27(20-28)42-37(47)33(21-29-31(40)14-9-15-32(29)41)43-36(46)26-10-6-5-7-11-26/h5-22,24H,4H2,1-3H3,(H,42,47)(H,43,46)(H,44,45)/b33-21+. The Kier molecular flexibility index (Phi) is 12.7. The molecule has 1 aromatic heterocycles. The average molecular weight is 759 g/mol. The number of hydrogen-bond acceptors (Lipinski definition) is 7. The number of carbonyl (C=O) groups excluding carboxylic acids is 4. The first kappa shape index (κ1) is 37.4. The van der Waals surface area contributed by atoms with Crippen molar-refractivity contribution in [3.05, 3.63) is 140 Å². The Balaban J connectivity index is 1.32. The van der Waals surface area contributed by atoms with Gasteiger partial charge in [0.15, 0.2) is 0 Å². The van der Waals surface area contributed by atoms with Gasteiger partial charge in [-0.05, 0) is 74.9 Å². The molecule has 0 saturated carbocycles. The highest BCUT2D eigenvalue weighted by Gasteiger charge is 2.25. The summed E-state index contributed by atoms with van der Waals surface area (Å²) >= 11 is 15.3. The zero-order valence-corrected chi connectivity index (χ0v) is 30.9. The minimum absolute atomic E-state index is 0.0805. The van der Waals surface area contributed by atoms with Crippen molar-refractivity contribution < 1.29 is 23.9 Å². The number of thiophene rings is 1. The van der Waals surface area contributed by atoms with Crippen LogP contribution in [-0.4, -0.2) is 35.5 Å². The van der Waals surface area contributed by atoms with Crippen LogP contribution in [0.3, 0.4) is 0 Å². The number of hydrogen-bond donors (Lipinski definition) is 3. The van der Waals surface area contributed by atoms with Crippen molar-refractivity contribution in [3.63, 3.8) is 0 Å². The normalized spacial score (nSPS) is 11.7. The minimum Gasteiger partial charge on any atom is -0.462 e. The third-order valence-corrected chi connectivity index (χ3v) is 10.1. The Hall–Kier alpha value is -4.87. The minimum atomic E-state index is -0.614. The highest BCUT2D eigenvalue weighted by Crippen LogP contribution is 2.37. The fraction of sp³-hybridized carbons (Fsp3) is 0.128. The lowest BCUT2D eigenvalue weighted by atomic mass is 10.0. The predicted molar refractivity (Wildman–Crippen MR) is 208 cm³/mol. The van der Waals surface area contributed by atoms with E-state index in [0.29, 0.717) is 47.9 Å². The summed E-state index contributed by atoms with van der Waals surface area (Å²) in [6, 6.07) is 28.2. The maximum absolute atomic E-state index is 13.6. The number of aryl methyl sites for hydroxylation is 1. The zero-order chi connectivity index (χ0) is 36.5. The maximum Gasteiger partial charge on any atom is 0.341 e. The van der Waals surface area contributed by atoms with Crippen molar-refractivity contribution in [1.82, 2.24) is 5.32 Å². The van der Waals surface area contributed by atoms with Crippen LogP contribution in [0.1, 0.15) is 45.7 Å². The van der Waals surface area contributed by atoms with Crippen LogP contribution < -0.4 is 16.0 Å². The van der Waals surface area contributed by atoms with Gasteiger partial charge in [0.25, 0.3) is 11.8 Å². The summed E-state index contributed by atoms with van der Waals surface area (Å²) in [5.41, 5.74) is 3.99. The molecule has 0 bridgehead atoms. The molecule has 51 heavy (non-hydrogen) atoms. The molecule has 0 spiro atoms. The Labute approximate surface area is 314 Å². The smallest absolute Gasteiger partial charge is 0.341 e. The number of carbonyl (C=O) groups is 4. The summed E-state index contributed by atoms with van der Waals surface area (Å²) in [6.07, 6.45) is 1.42. The Morgan fingerprint density at radius 3 is 2.25 bits per heavy atom. The summed E-state index contributed by atoms with van der Waals surface area (Å²) in [7, 11) is 0. The van der Waals surface area contributed by atoms with E-state index in [1.807, 2.05) is 42.6 Å². The first-order chi connectivity index (χ1) is 24.5. The zero-order valence-electron chi connectivity index (χ0n) is 27.8. The summed E-state index contributed by atoms with van der Waals surface area (Å²) in [4.78, 5) is 53.8. The number of benzene rings is 4. The van der Waals surface area contributed by atoms with Crippen molar-refractivity contribution in [2.75, 3.05) is 17.2 Å². The molecule has 1 heterocycles. The lowest BCUT2D eigenvalue weighted by molar-refractivity contribution is -0.115. The van der Waals surface area contributed by atoms with Crippen LogP contribution in [0.4, 0.5) is 10.7 Å². The second kappa shape index (κ2) is 17.4. The molecule has 3 N–H and O–H groups in total. The van der Waals surface area contributed by atoms with Gasteiger partial charge in [-0.2, -0.15) is 0 Å². The lowest BCUT2D eigenvalue weighted by Crippen LogP contribution is -2.30. The summed E-state index contributed by atoms with van der Waals surface area (Å²) in [6.45, 7) is 5.66. The molecule has 0 radical (unpaired) electrons. The number of ether oxygens (including phenoxy) is 1. The average Bonchev–Trinajstić information content (AvgIpc) is 3.53. The van der Waals surface area contributed by atoms with E-state index in [9.17, 15) is 19.2 Å². The van der Waals surface area contributed by atoms with Crippen LogP contribution in [0.25, 0.3) is 17.2 Å². The molecular weight excluding hydrogens is 725 g/mol. The Bertz CT molecular complexity index is 2080. The van der Waals surface area contributed by atoms with Crippen LogP contribution in [0.15, 0.2) is 113 Å². The largest absolute Gasteiger partial charge is 0.462 e. The van der Waals surface area contributed by atoms with Crippen molar-refractivity contribution >= 4 is 86.8 Å². The van der Waals surface area contributed by atoms with Crippen LogP contribution >= 0.6 is 46.3 Å². The second-order valence-corrected chi connectivity index (χ2v) is 14.3. The quantitative estimate of drug-likeness (QED) is 0.0664. The van der Waals surface area contributed by atoms with Gasteiger partial charge in [-0.1, -0.05) is 83.4 Å². The van der Waals surface area contributed by atoms with Crippen molar-refractivity contribution in [2.45, 2.75) is 30.9 Å². The van der Waals surface area contributed by atoms with Gasteiger partial charge < -0.3 is 20.7 Å². The Morgan fingerprint density at radius 2 is 1.57 bits per heavy atom. The summed E-state index contributed by atoms with van der Waals surface area (Å²) < 4.78 is 5.34. The number of nitrogens with one attached hydrogen (secondary N) is 3. The molecule has 0 aliphatic carbocycles. The molecule has 0 aliphatic rings. The van der Waals surface area contributed by atoms with E-state index in [2.05, 4.69) is 16.0 Å². The summed E-state index contributed by atoms with van der Waals surface area (Å²) in [5, 5.41) is 10.7. The van der Waals surface area contributed by atoms with Gasteiger partial charge in [-0.25, -0.2) is 4.79 Å². The number of esters is 1. The molecule has 0 aliphatic heterocycles. The van der Waals surface area contributed by atoms with Gasteiger partial charge in [0.2, 0.25) is 5.91 Å². The molecule has 8 nitrogen and oxygen atoms in total. The van der Waals surface area contributed by atoms with Gasteiger partial charge in [-0.3, -0.25) is 14.4 Å². The number of thioether (sulfide) groups is 1. The third-order valence-electron chi connectivity index (χ3n) is 7.46. The lowest BCUT2D eigenvalue weighted by Gasteiger charge is -2.15. The van der Waals surface area contributed by atoms with E-state index in [-0.39, 0.29) is 18.2 Å². The van der Waals surface area contributed by atoms with E-state index < -0.39 is 23.0 Å². The van der Waals surface area contributed by atoms with Gasteiger partial charge >= 0.3 is 5.97 Å². The second-order valence-electron chi connectivity index (χ2n) is 11.2. The molecule has 0 fully saturated rings. The fourth-order valence-corrected chi connectivity index (χ4v) is 7.25. The first-order valence-corrected chi connectivity index (χ1v) is 18.3. The van der Waals surface area contributed by atoms with Gasteiger partial charge in [0, 0.05) is 42.7 Å². The first-order valence-electron chi connectivity index (χ1n) is 15.8. The molecule has 1 unspecified atom stereocenters. The highest BCUT2D eigenvalue weighted by atomic mass is 35.5. The highest BCUT2D eigenvalue weighted by molar-refractivity contribution is 8.00. The van der Waals surface area contributed by atoms with Crippen LogP contribution in [0.5, 0.6) is 0 Å². The van der Waals surface area contributed by atoms with Crippen molar-refractivity contribution in [1.29, 1.82) is 0 Å². The van der Waals surface area contributed by atoms with E-state index >= 15 is 0 Å². The van der Waals surface area contributed by atoms with Crippen molar-refractivity contribution in [2.24, 2.45) is 0 Å². The van der Waals surface area contributed by atoms with Gasteiger partial charge in [0.05, 0.1) is 11.9 Å². The molecule has 5 aromatic rings. The molecule has 0 saturated heterocycles. The maximum atomic E-state index is 13.6. The topological polar surface area (TPSA) is 114 Å². The molecule has 5 rings (SSSR count). The number of halogens is 2. The number of anilines is 2. The number of amides is 3. The van der Waals surface area contributed by atoms with Crippen LogP contribution in [-0.2, 0) is 14.3 Å². The van der Waals surface area contributed by atoms with Gasteiger partial charge in [-0.15, -0.1) is 23.1 Å². The molecular formula is C39H33Cl2N3O5S2. The van der Waals surface area contributed by atoms with Gasteiger partial charge in [0.1, 0.15) is 16.3 Å². The van der Waals surface area contributed by atoms with E-state index in [1.54, 1.807) is 80.6 Å². The molecule has 12 heteroatoms. The van der Waals surface area contributed by atoms with Crippen LogP contribution in [0, 0.1) is 6.92 Å². The van der Waals surface area contributed by atoms with E-state index in [4.69, 9.17) is 27.9 Å². The summed E-state index contributed by atoms with van der Waals surface area (Å²) in [5.74, 6) is -1.94. The van der Waals surface area contributed by atoms with Crippen LogP contribution in [0.2, 0.25) is 10.0 Å². The molecule has 1 atom stereocenters. The predicted octanol–water partition coefficient (Wildman–Crippen LogP) is 9.74. The monoisotopic (exact) mass is 757 g/mol.